The number of likely N-dealkylation sites (N-methyl/N-ethyl adjacent to an activating group) is 1. The molecule has 17 heteroatoms. The third kappa shape index (κ3) is 15.4. The van der Waals surface area contributed by atoms with Gasteiger partial charge in [0.15, 0.2) is 23.0 Å². The maximum atomic E-state index is 6.12. The zero-order valence-corrected chi connectivity index (χ0v) is 56.8. The summed E-state index contributed by atoms with van der Waals surface area (Å²) in [5.74, 6) is 5.63. The summed E-state index contributed by atoms with van der Waals surface area (Å²) in [5, 5.41) is 11.7. The molecule has 0 spiro atoms. The maximum Gasteiger partial charge on any atom is 0.223 e. The lowest BCUT2D eigenvalue weighted by atomic mass is 9.78. The number of halogens is 2. The molecule has 11 aromatic rings. The number of ether oxygens (including phenoxy) is 4. The van der Waals surface area contributed by atoms with Crippen LogP contribution >= 0.6 is 23.2 Å². The summed E-state index contributed by atoms with van der Waals surface area (Å²) in [7, 11) is 8.74. The van der Waals surface area contributed by atoms with Crippen molar-refractivity contribution in [1.82, 2.24) is 39.7 Å². The molecule has 492 valence electrons. The molecule has 8 aromatic carbocycles. The van der Waals surface area contributed by atoms with Crippen molar-refractivity contribution in [3.8, 4) is 56.8 Å². The summed E-state index contributed by atoms with van der Waals surface area (Å²) < 4.78 is 21.4. The monoisotopic (exact) mass is 1330 g/mol. The number of hydrogen-bond donors (Lipinski definition) is 3. The summed E-state index contributed by atoms with van der Waals surface area (Å²) in [4.78, 5) is 33.5. The number of nitrogens with zero attached hydrogens (tertiary/aromatic N) is 8. The first-order valence-corrected chi connectivity index (χ1v) is 33.8. The van der Waals surface area contributed by atoms with Crippen LogP contribution in [0.2, 0.25) is 10.0 Å². The van der Waals surface area contributed by atoms with Crippen molar-refractivity contribution in [2.45, 2.75) is 56.5 Å². The van der Waals surface area contributed by atoms with E-state index in [2.05, 4.69) is 175 Å². The minimum absolute atomic E-state index is 0.250. The zero-order valence-electron chi connectivity index (χ0n) is 55.3. The molecule has 0 radical (unpaired) electrons. The topological polar surface area (TPSA) is 157 Å². The first-order valence-electron chi connectivity index (χ1n) is 33.1. The van der Waals surface area contributed by atoms with Crippen LogP contribution in [0.1, 0.15) is 85.4 Å². The van der Waals surface area contributed by atoms with Gasteiger partial charge in [-0.1, -0.05) is 163 Å². The summed E-state index contributed by atoms with van der Waals surface area (Å²) in [6.07, 6.45) is 9.65. The zero-order chi connectivity index (χ0) is 66.6. The SMILES string of the molecule is CN1CCN(CCCNc2ncc3c(n2)-c2ccccc2C(c2ccc(Cl)cc2)C3)CC1.COc1ccc(CNc2ncc3c(n2)-c2ccccc2C(c2ccc(Cl)cc2)C3)cc1OC.COc1ccc(CNc2ncc3c(n2)-c2ccccc2C(c2ccccc2)C3)cc1OC. The largest absolute Gasteiger partial charge is 0.493 e. The van der Waals surface area contributed by atoms with Gasteiger partial charge in [0.25, 0.3) is 0 Å². The van der Waals surface area contributed by atoms with Crippen LogP contribution in [0.4, 0.5) is 17.8 Å². The van der Waals surface area contributed by atoms with E-state index in [9.17, 15) is 0 Å². The highest BCUT2D eigenvalue weighted by molar-refractivity contribution is 6.30. The number of benzene rings is 8. The molecule has 3 N–H and O–H groups in total. The van der Waals surface area contributed by atoms with Crippen molar-refractivity contribution < 1.29 is 18.9 Å². The van der Waals surface area contributed by atoms with Gasteiger partial charge < -0.3 is 44.7 Å². The molecule has 0 amide bonds. The van der Waals surface area contributed by atoms with Gasteiger partial charge in [0, 0.05) is 109 Å². The van der Waals surface area contributed by atoms with Gasteiger partial charge >= 0.3 is 0 Å². The first kappa shape index (κ1) is 65.7. The van der Waals surface area contributed by atoms with Crippen LogP contribution in [-0.2, 0) is 32.4 Å². The number of aromatic nitrogens is 6. The number of hydrogen-bond acceptors (Lipinski definition) is 15. The lowest BCUT2D eigenvalue weighted by molar-refractivity contribution is 0.154. The average molecular weight is 1330 g/mol. The van der Waals surface area contributed by atoms with Crippen molar-refractivity contribution in [2.24, 2.45) is 0 Å². The fraction of sp³-hybridized carbons (Fsp3) is 0.250. The fourth-order valence-electron chi connectivity index (χ4n) is 13.5. The Labute approximate surface area is 578 Å². The van der Waals surface area contributed by atoms with Crippen LogP contribution in [0, 0.1) is 0 Å². The fourth-order valence-corrected chi connectivity index (χ4v) is 13.8. The van der Waals surface area contributed by atoms with Crippen molar-refractivity contribution in [2.75, 3.05) is 90.7 Å². The Balaban J connectivity index is 0.000000131. The molecule has 3 unspecified atom stereocenters. The summed E-state index contributed by atoms with van der Waals surface area (Å²) >= 11 is 12.2. The van der Waals surface area contributed by atoms with Gasteiger partial charge in [0.2, 0.25) is 17.8 Å². The van der Waals surface area contributed by atoms with Gasteiger partial charge in [-0.15, -0.1) is 0 Å². The molecule has 3 aromatic heterocycles. The minimum Gasteiger partial charge on any atom is -0.493 e. The number of nitrogens with one attached hydrogen (secondary N) is 3. The Morgan fingerprint density at radius 1 is 0.412 bits per heavy atom. The Bertz CT molecular complexity index is 4500. The molecule has 3 atom stereocenters. The van der Waals surface area contributed by atoms with E-state index in [-0.39, 0.29) is 5.92 Å². The van der Waals surface area contributed by atoms with Gasteiger partial charge in [0.05, 0.1) is 45.5 Å². The number of rotatable bonds is 18. The highest BCUT2D eigenvalue weighted by Gasteiger charge is 2.31. The molecule has 4 heterocycles. The summed E-state index contributed by atoms with van der Waals surface area (Å²) in [6.45, 7) is 7.84. The van der Waals surface area contributed by atoms with Gasteiger partial charge in [-0.25, -0.2) is 29.9 Å². The van der Waals surface area contributed by atoms with Gasteiger partial charge in [-0.2, -0.15) is 0 Å². The van der Waals surface area contributed by atoms with Crippen molar-refractivity contribution in [1.29, 1.82) is 0 Å². The second-order valence-electron chi connectivity index (χ2n) is 24.8. The molecule has 15 nitrogen and oxygen atoms in total. The van der Waals surface area contributed by atoms with Crippen LogP contribution < -0.4 is 34.9 Å². The van der Waals surface area contributed by atoms with E-state index in [1.807, 2.05) is 79.3 Å². The number of piperazine rings is 1. The second kappa shape index (κ2) is 30.9. The molecule has 0 saturated carbocycles. The summed E-state index contributed by atoms with van der Waals surface area (Å²) in [6, 6.07) is 64.4. The highest BCUT2D eigenvalue weighted by atomic mass is 35.5. The maximum absolute atomic E-state index is 6.12. The molecule has 15 rings (SSSR count). The standard InChI is InChI=1S/C27H24ClN3O2.C27H25N3O2.C26H30ClN5/c1-32-24-12-7-17(13-25(24)33-2)15-29-27-30-16-19-14-23(18-8-10-20(28)11-9-18)21-5-3-4-6-22(21)26(19)31-27;1-31-24-13-12-18(14-25(24)32-2)16-28-27-29-17-20-15-23(19-8-4-3-5-9-19)21-10-6-7-11-22(21)26(20)30-27;1-31-13-15-32(16-14-31)12-4-11-28-26-29-18-20-17-24(19-7-9-21(27)10-8-19)22-5-2-3-6-23(22)25(20)30-26/h3-13,16,23H,14-15H2,1-2H3,(H,29,30,31);3-14,17,23H,15-16H2,1-2H3,(H,28,29,30);2-3,5-10,18,24H,4,11-17H2,1H3,(H,28,29,30). The predicted octanol–water partition coefficient (Wildman–Crippen LogP) is 16.1. The van der Waals surface area contributed by atoms with Crippen LogP contribution in [0.3, 0.4) is 0 Å². The molecule has 4 aliphatic rings. The Morgan fingerprint density at radius 2 is 0.784 bits per heavy atom. The van der Waals surface area contributed by atoms with E-state index in [0.717, 1.165) is 120 Å². The molecule has 1 saturated heterocycles. The molecule has 3 aliphatic carbocycles. The lowest BCUT2D eigenvalue weighted by Crippen LogP contribution is -2.44. The molecular weight excluding hydrogens is 1250 g/mol. The average Bonchev–Trinajstić information content (AvgIpc) is 0.808. The van der Waals surface area contributed by atoms with E-state index < -0.39 is 0 Å². The molecule has 1 aliphatic heterocycles. The molecule has 1 fully saturated rings. The Hall–Kier alpha value is -9.90. The van der Waals surface area contributed by atoms with Crippen LogP contribution in [-0.4, -0.2) is 114 Å². The van der Waals surface area contributed by atoms with Crippen molar-refractivity contribution >= 4 is 41.0 Å². The second-order valence-corrected chi connectivity index (χ2v) is 25.6. The lowest BCUT2D eigenvalue weighted by Gasteiger charge is -2.32. The van der Waals surface area contributed by atoms with E-state index in [4.69, 9.17) is 57.1 Å². The highest BCUT2D eigenvalue weighted by Crippen LogP contribution is 2.45. The first-order chi connectivity index (χ1) is 47.6. The quantitative estimate of drug-likeness (QED) is 0.0697. The number of fused-ring (bicyclic) bond motifs is 9. The van der Waals surface area contributed by atoms with E-state index >= 15 is 0 Å². The van der Waals surface area contributed by atoms with E-state index in [1.165, 1.54) is 55.6 Å². The normalized spacial score (nSPS) is 15.7. The van der Waals surface area contributed by atoms with E-state index in [0.29, 0.717) is 59.8 Å². The van der Waals surface area contributed by atoms with Gasteiger partial charge in [-0.3, -0.25) is 0 Å². The van der Waals surface area contributed by atoms with Gasteiger partial charge in [-0.05, 0) is 149 Å². The Morgan fingerprint density at radius 3 is 1.19 bits per heavy atom. The van der Waals surface area contributed by atoms with Crippen LogP contribution in [0.5, 0.6) is 23.0 Å². The van der Waals surface area contributed by atoms with Crippen molar-refractivity contribution in [3.63, 3.8) is 0 Å². The minimum atomic E-state index is 0.250. The smallest absolute Gasteiger partial charge is 0.223 e. The van der Waals surface area contributed by atoms with E-state index in [1.54, 1.807) is 28.4 Å². The molecule has 0 bridgehead atoms. The van der Waals surface area contributed by atoms with Gasteiger partial charge in [0.1, 0.15) is 0 Å². The number of anilines is 3. The number of methoxy groups -OCH3 is 4. The third-order valence-electron chi connectivity index (χ3n) is 18.7. The Kier molecular flexibility index (Phi) is 20.9. The van der Waals surface area contributed by atoms with Crippen molar-refractivity contribution in [3.05, 3.63) is 278 Å². The third-order valence-corrected chi connectivity index (χ3v) is 19.2. The predicted molar refractivity (Wildman–Crippen MR) is 389 cm³/mol. The summed E-state index contributed by atoms with van der Waals surface area (Å²) in [5.41, 5.74) is 20.0. The molecule has 97 heavy (non-hydrogen) atoms. The molecular formula is C80H79Cl2N11O4. The van der Waals surface area contributed by atoms with Crippen LogP contribution in [0.15, 0.2) is 207 Å². The van der Waals surface area contributed by atoms with Crippen LogP contribution in [0.25, 0.3) is 33.8 Å².